The van der Waals surface area contributed by atoms with E-state index < -0.39 is 0 Å². The van der Waals surface area contributed by atoms with Gasteiger partial charge < -0.3 is 4.74 Å². The predicted molar refractivity (Wildman–Crippen MR) is 54.4 cm³/mol. The summed E-state index contributed by atoms with van der Waals surface area (Å²) in [6, 6.07) is 5.97. The second kappa shape index (κ2) is 3.82. The monoisotopic (exact) mass is 190 g/mol. The fraction of sp³-hybridized carbons (Fsp3) is 0.417. The van der Waals surface area contributed by atoms with Gasteiger partial charge in [0.2, 0.25) is 0 Å². The molecule has 0 unspecified atom stereocenters. The summed E-state index contributed by atoms with van der Waals surface area (Å²) in [5.41, 5.74) is 2.57. The van der Waals surface area contributed by atoms with Crippen LogP contribution in [0, 0.1) is 0 Å². The Morgan fingerprint density at radius 1 is 1.29 bits per heavy atom. The van der Waals surface area contributed by atoms with Crippen LogP contribution in [0.2, 0.25) is 0 Å². The quantitative estimate of drug-likeness (QED) is 0.502. The molecule has 0 N–H and O–H groups in total. The average molecular weight is 190 g/mol. The third kappa shape index (κ3) is 1.79. The van der Waals surface area contributed by atoms with Gasteiger partial charge in [0, 0.05) is 6.92 Å². The molecule has 14 heavy (non-hydrogen) atoms. The number of hydrogen-bond donors (Lipinski definition) is 0. The van der Waals surface area contributed by atoms with E-state index >= 15 is 0 Å². The minimum atomic E-state index is -0.232. The van der Waals surface area contributed by atoms with E-state index in [2.05, 4.69) is 6.07 Å². The van der Waals surface area contributed by atoms with Crippen molar-refractivity contribution >= 4 is 5.97 Å². The molecule has 2 heteroatoms. The molecular weight excluding hydrogens is 176 g/mol. The van der Waals surface area contributed by atoms with Crippen LogP contribution >= 0.6 is 0 Å². The lowest BCUT2D eigenvalue weighted by atomic mass is 9.91. The number of rotatable bonds is 1. The van der Waals surface area contributed by atoms with E-state index in [-0.39, 0.29) is 5.97 Å². The van der Waals surface area contributed by atoms with Crippen molar-refractivity contribution in [2.75, 3.05) is 0 Å². The Kier molecular flexibility index (Phi) is 2.53. The molecule has 2 rings (SSSR count). The lowest BCUT2D eigenvalue weighted by molar-refractivity contribution is -0.131. The van der Waals surface area contributed by atoms with E-state index in [4.69, 9.17) is 4.74 Å². The zero-order valence-corrected chi connectivity index (χ0v) is 8.38. The van der Waals surface area contributed by atoms with Crippen molar-refractivity contribution in [3.05, 3.63) is 29.3 Å². The molecule has 0 heterocycles. The van der Waals surface area contributed by atoms with Crippen molar-refractivity contribution in [2.45, 2.75) is 32.6 Å². The average Bonchev–Trinajstić information content (AvgIpc) is 2.18. The Hall–Kier alpha value is -1.31. The van der Waals surface area contributed by atoms with E-state index in [0.717, 1.165) is 18.6 Å². The van der Waals surface area contributed by atoms with E-state index in [1.54, 1.807) is 0 Å². The number of aryl methyl sites for hydroxylation is 1. The maximum absolute atomic E-state index is 10.9. The highest BCUT2D eigenvalue weighted by Crippen LogP contribution is 2.29. The first kappa shape index (κ1) is 9.25. The summed E-state index contributed by atoms with van der Waals surface area (Å²) >= 11 is 0. The standard InChI is InChI=1S/C12H14O2/c1-9(13)14-12-8-4-6-10-5-2-3-7-11(10)12/h4,6,8H,2-3,5,7H2,1H3. The zero-order chi connectivity index (χ0) is 9.97. The molecule has 0 spiro atoms. The van der Waals surface area contributed by atoms with Crippen LogP contribution in [-0.2, 0) is 17.6 Å². The minimum Gasteiger partial charge on any atom is -0.426 e. The lowest BCUT2D eigenvalue weighted by Crippen LogP contribution is -2.08. The zero-order valence-electron chi connectivity index (χ0n) is 8.38. The molecule has 0 fully saturated rings. The van der Waals surface area contributed by atoms with Crippen molar-refractivity contribution in [3.8, 4) is 5.75 Å². The number of carbonyl (C=O) groups is 1. The van der Waals surface area contributed by atoms with Gasteiger partial charge in [-0.1, -0.05) is 12.1 Å². The SMILES string of the molecule is CC(=O)Oc1cccc2c1CCCC2. The molecule has 0 bridgehead atoms. The lowest BCUT2D eigenvalue weighted by Gasteiger charge is -2.18. The molecule has 1 aliphatic rings. The van der Waals surface area contributed by atoms with Gasteiger partial charge in [0.05, 0.1) is 0 Å². The molecule has 0 aliphatic heterocycles. The summed E-state index contributed by atoms with van der Waals surface area (Å²) in [5, 5.41) is 0. The highest BCUT2D eigenvalue weighted by Gasteiger charge is 2.14. The molecule has 2 nitrogen and oxygen atoms in total. The van der Waals surface area contributed by atoms with Crippen LogP contribution in [-0.4, -0.2) is 5.97 Å². The maximum atomic E-state index is 10.9. The highest BCUT2D eigenvalue weighted by molar-refractivity contribution is 5.70. The third-order valence-corrected chi connectivity index (χ3v) is 2.61. The van der Waals surface area contributed by atoms with Gasteiger partial charge in [-0.2, -0.15) is 0 Å². The molecule has 74 valence electrons. The largest absolute Gasteiger partial charge is 0.426 e. The molecule has 1 aromatic rings. The second-order valence-electron chi connectivity index (χ2n) is 3.69. The van der Waals surface area contributed by atoms with Gasteiger partial charge in [-0.3, -0.25) is 4.79 Å². The van der Waals surface area contributed by atoms with Gasteiger partial charge >= 0.3 is 5.97 Å². The Morgan fingerprint density at radius 3 is 2.86 bits per heavy atom. The van der Waals surface area contributed by atoms with E-state index in [1.807, 2.05) is 12.1 Å². The number of hydrogen-bond acceptors (Lipinski definition) is 2. The predicted octanol–water partition coefficient (Wildman–Crippen LogP) is 2.49. The molecule has 0 amide bonds. The number of benzene rings is 1. The molecule has 0 atom stereocenters. The number of esters is 1. The van der Waals surface area contributed by atoms with Gasteiger partial charge in [0.1, 0.15) is 5.75 Å². The van der Waals surface area contributed by atoms with Crippen molar-refractivity contribution in [1.82, 2.24) is 0 Å². The molecule has 1 aromatic carbocycles. The molecule has 1 aliphatic carbocycles. The van der Waals surface area contributed by atoms with Crippen LogP contribution in [0.1, 0.15) is 30.9 Å². The molecule has 0 saturated heterocycles. The Morgan fingerprint density at radius 2 is 2.07 bits per heavy atom. The van der Waals surface area contributed by atoms with Crippen LogP contribution in [0.4, 0.5) is 0 Å². The fourth-order valence-corrected chi connectivity index (χ4v) is 2.00. The van der Waals surface area contributed by atoms with E-state index in [1.165, 1.54) is 30.9 Å². The third-order valence-electron chi connectivity index (χ3n) is 2.61. The van der Waals surface area contributed by atoms with Crippen molar-refractivity contribution in [2.24, 2.45) is 0 Å². The summed E-state index contributed by atoms with van der Waals surface area (Å²) < 4.78 is 5.17. The first-order chi connectivity index (χ1) is 6.77. The number of fused-ring (bicyclic) bond motifs is 1. The van der Waals surface area contributed by atoms with Gasteiger partial charge in [-0.25, -0.2) is 0 Å². The van der Waals surface area contributed by atoms with Crippen molar-refractivity contribution < 1.29 is 9.53 Å². The topological polar surface area (TPSA) is 26.3 Å². The summed E-state index contributed by atoms with van der Waals surface area (Å²) in [7, 11) is 0. The van der Waals surface area contributed by atoms with Gasteiger partial charge in [-0.15, -0.1) is 0 Å². The van der Waals surface area contributed by atoms with Crippen LogP contribution < -0.4 is 4.74 Å². The first-order valence-corrected chi connectivity index (χ1v) is 5.06. The van der Waals surface area contributed by atoms with E-state index in [9.17, 15) is 4.79 Å². The highest BCUT2D eigenvalue weighted by atomic mass is 16.5. The van der Waals surface area contributed by atoms with Crippen LogP contribution in [0.5, 0.6) is 5.75 Å². The minimum absolute atomic E-state index is 0.232. The summed E-state index contributed by atoms with van der Waals surface area (Å²) in [6.45, 7) is 1.45. The van der Waals surface area contributed by atoms with Gasteiger partial charge in [0.15, 0.2) is 0 Å². The van der Waals surface area contributed by atoms with Crippen molar-refractivity contribution in [1.29, 1.82) is 0 Å². The summed E-state index contributed by atoms with van der Waals surface area (Å²) in [6.07, 6.45) is 4.60. The fourth-order valence-electron chi connectivity index (χ4n) is 2.00. The second-order valence-corrected chi connectivity index (χ2v) is 3.69. The Balaban J connectivity index is 2.35. The number of ether oxygens (including phenoxy) is 1. The van der Waals surface area contributed by atoms with Crippen molar-refractivity contribution in [3.63, 3.8) is 0 Å². The Bertz CT molecular complexity index is 355. The van der Waals surface area contributed by atoms with Gasteiger partial charge in [-0.05, 0) is 42.9 Å². The van der Waals surface area contributed by atoms with E-state index in [0.29, 0.717) is 0 Å². The molecule has 0 radical (unpaired) electrons. The number of carbonyl (C=O) groups excluding carboxylic acids is 1. The molecule has 0 aromatic heterocycles. The summed E-state index contributed by atoms with van der Waals surface area (Å²) in [5.74, 6) is 0.527. The first-order valence-electron chi connectivity index (χ1n) is 5.06. The van der Waals surface area contributed by atoms with Crippen LogP contribution in [0.15, 0.2) is 18.2 Å². The smallest absolute Gasteiger partial charge is 0.308 e. The van der Waals surface area contributed by atoms with Crippen LogP contribution in [0.25, 0.3) is 0 Å². The maximum Gasteiger partial charge on any atom is 0.308 e. The normalized spacial score (nSPS) is 14.6. The van der Waals surface area contributed by atoms with Crippen LogP contribution in [0.3, 0.4) is 0 Å². The molecular formula is C12H14O2. The molecule has 0 saturated carbocycles. The summed E-state index contributed by atoms with van der Waals surface area (Å²) in [4.78, 5) is 10.9. The van der Waals surface area contributed by atoms with Gasteiger partial charge in [0.25, 0.3) is 0 Å². The Labute approximate surface area is 83.9 Å².